The molecule has 10 nitrogen and oxygen atoms in total. The first kappa shape index (κ1) is 21.3. The molecule has 2 aliphatic rings. The predicted octanol–water partition coefficient (Wildman–Crippen LogP) is 1.71. The van der Waals surface area contributed by atoms with E-state index in [1.165, 1.54) is 33.8 Å². The summed E-state index contributed by atoms with van der Waals surface area (Å²) >= 11 is 0. The first-order chi connectivity index (χ1) is 15.9. The third kappa shape index (κ3) is 3.67. The lowest BCUT2D eigenvalue weighted by atomic mass is 9.99. The van der Waals surface area contributed by atoms with Gasteiger partial charge in [-0.2, -0.15) is 5.10 Å². The molecule has 0 radical (unpaired) electrons. The highest BCUT2D eigenvalue weighted by Gasteiger charge is 2.44. The average molecular weight is 454 g/mol. The van der Waals surface area contributed by atoms with E-state index >= 15 is 0 Å². The molecule has 0 bridgehead atoms. The molecule has 2 aromatic heterocycles. The topological polar surface area (TPSA) is 124 Å². The molecule has 2 N–H and O–H groups in total. The van der Waals surface area contributed by atoms with Crippen molar-refractivity contribution in [2.75, 3.05) is 6.61 Å². The summed E-state index contributed by atoms with van der Waals surface area (Å²) in [6.07, 6.45) is 4.75. The fraction of sp³-hybridized carbons (Fsp3) is 0.409. The summed E-state index contributed by atoms with van der Waals surface area (Å²) in [5.74, 6) is -0.966. The number of fused-ring (bicyclic) bond motifs is 2. The Kier molecular flexibility index (Phi) is 5.20. The number of hydrogen-bond acceptors (Lipinski definition) is 7. The van der Waals surface area contributed by atoms with Gasteiger partial charge in [-0.3, -0.25) is 14.2 Å². The van der Waals surface area contributed by atoms with Crippen molar-refractivity contribution in [3.63, 3.8) is 0 Å². The highest BCUT2D eigenvalue weighted by atomic mass is 19.1. The Morgan fingerprint density at radius 1 is 1.33 bits per heavy atom. The van der Waals surface area contributed by atoms with E-state index in [2.05, 4.69) is 20.4 Å². The van der Waals surface area contributed by atoms with Crippen LogP contribution in [0, 0.1) is 12.7 Å². The molecule has 172 valence electrons. The summed E-state index contributed by atoms with van der Waals surface area (Å²) in [5, 5.41) is 17.3. The third-order valence-electron chi connectivity index (χ3n) is 6.21. The minimum atomic E-state index is -0.711. The summed E-state index contributed by atoms with van der Waals surface area (Å²) in [6, 6.07) is 4.09. The van der Waals surface area contributed by atoms with E-state index in [4.69, 9.17) is 4.74 Å². The summed E-state index contributed by atoms with van der Waals surface area (Å²) in [7, 11) is 0. The molecule has 1 spiro atoms. The maximum absolute atomic E-state index is 13.9. The molecule has 11 heteroatoms. The molecule has 1 aliphatic carbocycles. The molecular weight excluding hydrogens is 431 g/mol. The highest BCUT2D eigenvalue weighted by molar-refractivity contribution is 5.94. The van der Waals surface area contributed by atoms with Crippen LogP contribution in [-0.4, -0.2) is 41.9 Å². The van der Waals surface area contributed by atoms with Gasteiger partial charge in [0.1, 0.15) is 29.4 Å². The summed E-state index contributed by atoms with van der Waals surface area (Å²) in [6.45, 7) is 2.33. The normalized spacial score (nSPS) is 16.7. The second kappa shape index (κ2) is 8.07. The molecule has 3 aromatic rings. The van der Waals surface area contributed by atoms with Crippen molar-refractivity contribution in [3.05, 3.63) is 63.6 Å². The Morgan fingerprint density at radius 3 is 2.85 bits per heavy atom. The molecular formula is C22H23FN6O4. The zero-order valence-electron chi connectivity index (χ0n) is 18.0. The van der Waals surface area contributed by atoms with Crippen LogP contribution in [0.15, 0.2) is 29.3 Å². The number of hydrogen-bond donors (Lipinski definition) is 2. The lowest BCUT2D eigenvalue weighted by Gasteiger charge is -2.35. The van der Waals surface area contributed by atoms with Gasteiger partial charge in [-0.05, 0) is 50.3 Å². The van der Waals surface area contributed by atoms with Crippen LogP contribution in [0.2, 0.25) is 0 Å². The van der Waals surface area contributed by atoms with Crippen molar-refractivity contribution >= 4 is 5.91 Å². The molecule has 1 fully saturated rings. The summed E-state index contributed by atoms with van der Waals surface area (Å²) < 4.78 is 22.7. The van der Waals surface area contributed by atoms with Gasteiger partial charge < -0.3 is 15.2 Å². The number of halogens is 1. The fourth-order valence-corrected chi connectivity index (χ4v) is 4.59. The van der Waals surface area contributed by atoms with E-state index in [9.17, 15) is 19.1 Å². The number of ether oxygens (including phenoxy) is 1. The monoisotopic (exact) mass is 454 g/mol. The average Bonchev–Trinajstić information content (AvgIpc) is 3.45. The second-order valence-electron chi connectivity index (χ2n) is 8.33. The molecule has 1 aliphatic heterocycles. The molecule has 0 saturated heterocycles. The first-order valence-electron chi connectivity index (χ1n) is 10.8. The van der Waals surface area contributed by atoms with Gasteiger partial charge in [0, 0.05) is 6.54 Å². The maximum Gasteiger partial charge on any atom is 0.296 e. The molecule has 0 atom stereocenters. The highest BCUT2D eigenvalue weighted by Crippen LogP contribution is 2.42. The molecule has 1 saturated carbocycles. The van der Waals surface area contributed by atoms with E-state index in [1.54, 1.807) is 6.92 Å². The Labute approximate surface area is 188 Å². The third-order valence-corrected chi connectivity index (χ3v) is 6.21. The van der Waals surface area contributed by atoms with Crippen LogP contribution in [0.1, 0.15) is 53.4 Å². The first-order valence-corrected chi connectivity index (χ1v) is 10.8. The SMILES string of the molecule is Cc1ncn(-c2cc(F)ccc2CNC(=O)c2nc3n(c(=O)c2O)CCOC32CCCC2)n1. The number of benzene rings is 1. The molecule has 0 unspecified atom stereocenters. The standard InChI is InChI=1S/C22H23FN6O4/c1-13-25-12-29(27-13)16-10-15(23)5-4-14(16)11-24-19(31)17-18(30)20(32)28-8-9-33-22(21(28)26-17)6-2-3-7-22/h4-5,10,12,30H,2-3,6-9,11H2,1H3,(H,24,31). The van der Waals surface area contributed by atoms with Crippen LogP contribution in [0.5, 0.6) is 5.75 Å². The Balaban J connectivity index is 1.45. The van der Waals surface area contributed by atoms with E-state index in [-0.39, 0.29) is 18.8 Å². The van der Waals surface area contributed by atoms with Crippen molar-refractivity contribution in [2.24, 2.45) is 0 Å². The van der Waals surface area contributed by atoms with Crippen molar-refractivity contribution in [3.8, 4) is 11.4 Å². The van der Waals surface area contributed by atoms with Crippen LogP contribution in [0.3, 0.4) is 0 Å². The number of amides is 1. The van der Waals surface area contributed by atoms with Gasteiger partial charge in [-0.25, -0.2) is 19.0 Å². The lowest BCUT2D eigenvalue weighted by Crippen LogP contribution is -2.44. The molecule has 5 rings (SSSR count). The number of carbonyl (C=O) groups is 1. The van der Waals surface area contributed by atoms with E-state index < -0.39 is 28.6 Å². The van der Waals surface area contributed by atoms with Gasteiger partial charge in [0.25, 0.3) is 11.5 Å². The Bertz CT molecular complexity index is 1290. The Hall–Kier alpha value is -3.60. The summed E-state index contributed by atoms with van der Waals surface area (Å²) in [4.78, 5) is 34.2. The van der Waals surface area contributed by atoms with Crippen LogP contribution >= 0.6 is 0 Å². The molecule has 1 amide bonds. The zero-order valence-corrected chi connectivity index (χ0v) is 18.0. The van der Waals surface area contributed by atoms with Gasteiger partial charge in [-0.15, -0.1) is 0 Å². The van der Waals surface area contributed by atoms with Gasteiger partial charge in [-0.1, -0.05) is 6.07 Å². The van der Waals surface area contributed by atoms with Crippen molar-refractivity contribution in [1.29, 1.82) is 0 Å². The van der Waals surface area contributed by atoms with E-state index in [0.717, 1.165) is 12.8 Å². The smallest absolute Gasteiger partial charge is 0.296 e. The van der Waals surface area contributed by atoms with Gasteiger partial charge in [0.15, 0.2) is 5.69 Å². The van der Waals surface area contributed by atoms with Crippen molar-refractivity contribution in [2.45, 2.75) is 51.3 Å². The number of nitrogens with one attached hydrogen (secondary N) is 1. The number of nitrogens with zero attached hydrogens (tertiary/aromatic N) is 5. The largest absolute Gasteiger partial charge is 0.501 e. The van der Waals surface area contributed by atoms with Crippen molar-refractivity contribution in [1.82, 2.24) is 29.6 Å². The van der Waals surface area contributed by atoms with E-state index in [1.807, 2.05) is 0 Å². The Morgan fingerprint density at radius 2 is 2.12 bits per heavy atom. The van der Waals surface area contributed by atoms with Crippen LogP contribution in [0.25, 0.3) is 5.69 Å². The van der Waals surface area contributed by atoms with Gasteiger partial charge >= 0.3 is 0 Å². The molecule has 1 aromatic carbocycles. The zero-order chi connectivity index (χ0) is 23.2. The van der Waals surface area contributed by atoms with Gasteiger partial charge in [0.2, 0.25) is 5.75 Å². The number of aromatic nitrogens is 5. The fourth-order valence-electron chi connectivity index (χ4n) is 4.59. The number of aryl methyl sites for hydroxylation is 1. The maximum atomic E-state index is 13.9. The van der Waals surface area contributed by atoms with Crippen LogP contribution < -0.4 is 10.9 Å². The minimum absolute atomic E-state index is 0.00542. The van der Waals surface area contributed by atoms with Crippen LogP contribution in [-0.2, 0) is 23.4 Å². The predicted molar refractivity (Wildman–Crippen MR) is 113 cm³/mol. The molecule has 33 heavy (non-hydrogen) atoms. The number of aromatic hydroxyl groups is 1. The lowest BCUT2D eigenvalue weighted by molar-refractivity contribution is -0.0789. The van der Waals surface area contributed by atoms with E-state index in [0.29, 0.717) is 42.3 Å². The quantitative estimate of drug-likeness (QED) is 0.615. The number of rotatable bonds is 4. The van der Waals surface area contributed by atoms with Crippen LogP contribution in [0.4, 0.5) is 4.39 Å². The van der Waals surface area contributed by atoms with Gasteiger partial charge in [0.05, 0.1) is 18.8 Å². The second-order valence-corrected chi connectivity index (χ2v) is 8.33. The van der Waals surface area contributed by atoms with Crippen molar-refractivity contribution < 1.29 is 19.0 Å². The minimum Gasteiger partial charge on any atom is -0.501 e. The number of carbonyl (C=O) groups excluding carboxylic acids is 1. The molecule has 3 heterocycles. The summed E-state index contributed by atoms with van der Waals surface area (Å²) in [5.41, 5.74) is -0.713.